The number of fused-ring (bicyclic) bond motifs is 1. The first-order valence-electron chi connectivity index (χ1n) is 3.99. The minimum Gasteiger partial charge on any atom is -0.464 e. The van der Waals surface area contributed by atoms with E-state index in [1.165, 1.54) is 12.1 Å². The fourth-order valence-electron chi connectivity index (χ4n) is 1.31. The van der Waals surface area contributed by atoms with Crippen LogP contribution in [0.25, 0.3) is 11.0 Å². The van der Waals surface area contributed by atoms with Crippen molar-refractivity contribution in [3.8, 4) is 0 Å². The number of aryl methyl sites for hydroxylation is 1. The van der Waals surface area contributed by atoms with Gasteiger partial charge in [0.1, 0.15) is 5.58 Å². The van der Waals surface area contributed by atoms with Crippen LogP contribution in [0.5, 0.6) is 0 Å². The van der Waals surface area contributed by atoms with Gasteiger partial charge in [0.15, 0.2) is 0 Å². The van der Waals surface area contributed by atoms with E-state index in [0.29, 0.717) is 5.58 Å². The average molecular weight is 211 g/mol. The quantitative estimate of drug-likeness (QED) is 0.774. The van der Waals surface area contributed by atoms with E-state index in [0.717, 1.165) is 10.9 Å². The molecule has 0 atom stereocenters. The van der Waals surface area contributed by atoms with E-state index in [1.54, 1.807) is 12.3 Å². The molecule has 74 valence electrons. The summed E-state index contributed by atoms with van der Waals surface area (Å²) < 4.78 is 27.3. The van der Waals surface area contributed by atoms with Gasteiger partial charge in [-0.25, -0.2) is 13.6 Å². The molecule has 1 aromatic carbocycles. The number of rotatable bonds is 1. The van der Waals surface area contributed by atoms with Crippen molar-refractivity contribution in [2.75, 3.05) is 0 Å². The maximum atomic E-state index is 11.1. The van der Waals surface area contributed by atoms with Gasteiger partial charge in [0.25, 0.3) is 0 Å². The summed E-state index contributed by atoms with van der Waals surface area (Å²) in [6.07, 6.45) is 1.58. The molecule has 2 N–H and O–H groups in total. The van der Waals surface area contributed by atoms with Crippen molar-refractivity contribution >= 4 is 21.0 Å². The molecule has 0 saturated heterocycles. The van der Waals surface area contributed by atoms with Gasteiger partial charge in [-0.15, -0.1) is 0 Å². The highest BCUT2D eigenvalue weighted by Crippen LogP contribution is 2.22. The average Bonchev–Trinajstić information content (AvgIpc) is 2.46. The minimum atomic E-state index is -3.63. The van der Waals surface area contributed by atoms with E-state index >= 15 is 0 Å². The molecule has 1 aromatic heterocycles. The van der Waals surface area contributed by atoms with E-state index in [-0.39, 0.29) is 4.90 Å². The number of nitrogens with two attached hydrogens (primary N) is 1. The summed E-state index contributed by atoms with van der Waals surface area (Å²) in [5, 5.41) is 5.78. The third-order valence-electron chi connectivity index (χ3n) is 2.07. The van der Waals surface area contributed by atoms with Crippen molar-refractivity contribution in [2.45, 2.75) is 11.8 Å². The van der Waals surface area contributed by atoms with Crippen LogP contribution in [0.15, 0.2) is 33.8 Å². The molecule has 0 saturated carbocycles. The van der Waals surface area contributed by atoms with Crippen molar-refractivity contribution < 1.29 is 12.8 Å². The van der Waals surface area contributed by atoms with Gasteiger partial charge in [0, 0.05) is 5.39 Å². The Kier molecular flexibility index (Phi) is 1.87. The van der Waals surface area contributed by atoms with Crippen LogP contribution in [-0.2, 0) is 10.0 Å². The van der Waals surface area contributed by atoms with Crippen LogP contribution < -0.4 is 5.14 Å². The summed E-state index contributed by atoms with van der Waals surface area (Å²) in [5.41, 5.74) is 1.56. The Balaban J connectivity index is 2.79. The largest absolute Gasteiger partial charge is 0.464 e. The normalized spacial score (nSPS) is 12.1. The molecule has 2 aromatic rings. The highest BCUT2D eigenvalue weighted by Gasteiger charge is 2.10. The predicted octanol–water partition coefficient (Wildman–Crippen LogP) is 1.39. The summed E-state index contributed by atoms with van der Waals surface area (Å²) in [6, 6.07) is 4.55. The number of furan rings is 1. The van der Waals surface area contributed by atoms with Crippen LogP contribution in [0, 0.1) is 6.92 Å². The lowest BCUT2D eigenvalue weighted by Gasteiger charge is -1.97. The van der Waals surface area contributed by atoms with Gasteiger partial charge in [-0.3, -0.25) is 0 Å². The van der Waals surface area contributed by atoms with Gasteiger partial charge in [-0.2, -0.15) is 0 Å². The Labute approximate surface area is 81.4 Å². The molecule has 0 radical (unpaired) electrons. The second-order valence-electron chi connectivity index (χ2n) is 3.12. The molecular weight excluding hydrogens is 202 g/mol. The Morgan fingerprint density at radius 2 is 2.07 bits per heavy atom. The van der Waals surface area contributed by atoms with Crippen LogP contribution in [0.4, 0.5) is 0 Å². The molecule has 0 aliphatic heterocycles. The summed E-state index contributed by atoms with van der Waals surface area (Å²) in [4.78, 5) is 0.106. The Bertz CT molecular complexity index is 583. The number of hydrogen-bond acceptors (Lipinski definition) is 3. The molecule has 0 amide bonds. The SMILES string of the molecule is Cc1coc2ccc(S(N)(=O)=O)cc12. The van der Waals surface area contributed by atoms with Crippen molar-refractivity contribution in [1.82, 2.24) is 0 Å². The maximum absolute atomic E-state index is 11.1. The summed E-state index contributed by atoms with van der Waals surface area (Å²) >= 11 is 0. The lowest BCUT2D eigenvalue weighted by molar-refractivity contribution is 0.597. The summed E-state index contributed by atoms with van der Waals surface area (Å²) in [6.45, 7) is 1.85. The third kappa shape index (κ3) is 1.40. The molecule has 14 heavy (non-hydrogen) atoms. The van der Waals surface area contributed by atoms with Crippen LogP contribution in [0.2, 0.25) is 0 Å². The van der Waals surface area contributed by atoms with E-state index in [1.807, 2.05) is 6.92 Å². The molecule has 5 heteroatoms. The predicted molar refractivity (Wildman–Crippen MR) is 52.3 cm³/mol. The zero-order valence-electron chi connectivity index (χ0n) is 7.52. The molecule has 0 spiro atoms. The van der Waals surface area contributed by atoms with Gasteiger partial charge in [0.2, 0.25) is 10.0 Å². The van der Waals surface area contributed by atoms with Crippen LogP contribution in [0.3, 0.4) is 0 Å². The van der Waals surface area contributed by atoms with Gasteiger partial charge < -0.3 is 4.42 Å². The maximum Gasteiger partial charge on any atom is 0.238 e. The van der Waals surface area contributed by atoms with Crippen molar-refractivity contribution in [3.63, 3.8) is 0 Å². The van der Waals surface area contributed by atoms with Crippen LogP contribution in [-0.4, -0.2) is 8.42 Å². The van der Waals surface area contributed by atoms with E-state index in [9.17, 15) is 8.42 Å². The summed E-state index contributed by atoms with van der Waals surface area (Å²) in [7, 11) is -3.63. The zero-order valence-corrected chi connectivity index (χ0v) is 8.34. The smallest absolute Gasteiger partial charge is 0.238 e. The molecule has 0 aliphatic carbocycles. The fourth-order valence-corrected chi connectivity index (χ4v) is 1.85. The first-order valence-corrected chi connectivity index (χ1v) is 5.54. The fraction of sp³-hybridized carbons (Fsp3) is 0.111. The van der Waals surface area contributed by atoms with Crippen LogP contribution in [0.1, 0.15) is 5.56 Å². The number of primary sulfonamides is 1. The van der Waals surface area contributed by atoms with E-state index in [4.69, 9.17) is 9.56 Å². The molecule has 1 heterocycles. The van der Waals surface area contributed by atoms with Gasteiger partial charge >= 0.3 is 0 Å². The highest BCUT2D eigenvalue weighted by molar-refractivity contribution is 7.89. The lowest BCUT2D eigenvalue weighted by atomic mass is 10.2. The standard InChI is InChI=1S/C9H9NO3S/c1-6-5-13-9-3-2-7(4-8(6)9)14(10,11)12/h2-5H,1H3,(H2,10,11,12). The lowest BCUT2D eigenvalue weighted by Crippen LogP contribution is -2.11. The first-order chi connectivity index (χ1) is 6.48. The number of hydrogen-bond donors (Lipinski definition) is 1. The van der Waals surface area contributed by atoms with Crippen molar-refractivity contribution in [1.29, 1.82) is 0 Å². The molecular formula is C9H9NO3S. The second kappa shape index (κ2) is 2.83. The topological polar surface area (TPSA) is 73.3 Å². The zero-order chi connectivity index (χ0) is 10.3. The van der Waals surface area contributed by atoms with E-state index < -0.39 is 10.0 Å². The number of benzene rings is 1. The summed E-state index contributed by atoms with van der Waals surface area (Å²) in [5.74, 6) is 0. The van der Waals surface area contributed by atoms with Gasteiger partial charge in [-0.05, 0) is 30.7 Å². The molecule has 4 nitrogen and oxygen atoms in total. The van der Waals surface area contributed by atoms with Crippen molar-refractivity contribution in [3.05, 3.63) is 30.0 Å². The second-order valence-corrected chi connectivity index (χ2v) is 4.68. The number of sulfonamides is 1. The Hall–Kier alpha value is -1.33. The van der Waals surface area contributed by atoms with Crippen molar-refractivity contribution in [2.24, 2.45) is 5.14 Å². The first kappa shape index (κ1) is 9.23. The van der Waals surface area contributed by atoms with Crippen LogP contribution >= 0.6 is 0 Å². The molecule has 0 bridgehead atoms. The molecule has 0 fully saturated rings. The molecule has 2 rings (SSSR count). The van der Waals surface area contributed by atoms with E-state index in [2.05, 4.69) is 0 Å². The Morgan fingerprint density at radius 1 is 1.36 bits per heavy atom. The Morgan fingerprint density at radius 3 is 2.71 bits per heavy atom. The molecule has 0 aliphatic rings. The highest BCUT2D eigenvalue weighted by atomic mass is 32.2. The van der Waals surface area contributed by atoms with Gasteiger partial charge in [-0.1, -0.05) is 0 Å². The third-order valence-corrected chi connectivity index (χ3v) is 2.98. The minimum absolute atomic E-state index is 0.106. The molecule has 0 unspecified atom stereocenters. The monoisotopic (exact) mass is 211 g/mol. The van der Waals surface area contributed by atoms with Gasteiger partial charge in [0.05, 0.1) is 11.2 Å².